The van der Waals surface area contributed by atoms with E-state index in [-0.39, 0.29) is 12.0 Å². The monoisotopic (exact) mass is 279 g/mol. The van der Waals surface area contributed by atoms with Crippen molar-refractivity contribution in [3.63, 3.8) is 0 Å². The van der Waals surface area contributed by atoms with Crippen molar-refractivity contribution in [1.29, 1.82) is 0 Å². The Morgan fingerprint density at radius 2 is 2.10 bits per heavy atom. The van der Waals surface area contributed by atoms with Gasteiger partial charge in [-0.2, -0.15) is 0 Å². The van der Waals surface area contributed by atoms with Crippen LogP contribution >= 0.6 is 0 Å². The Balaban J connectivity index is 1.95. The van der Waals surface area contributed by atoms with Crippen LogP contribution in [0.5, 0.6) is 11.5 Å². The summed E-state index contributed by atoms with van der Waals surface area (Å²) in [5.41, 5.74) is 0.542. The second-order valence-corrected chi connectivity index (χ2v) is 4.82. The molecule has 2 N–H and O–H groups in total. The fourth-order valence-electron chi connectivity index (χ4n) is 1.96. The van der Waals surface area contributed by atoms with Crippen LogP contribution in [-0.2, 0) is 0 Å². The molecule has 1 amide bonds. The summed E-state index contributed by atoms with van der Waals surface area (Å²) in [5, 5.41) is 12.2. The molecule has 5 heteroatoms. The molecule has 2 rings (SSSR count). The van der Waals surface area contributed by atoms with Crippen LogP contribution in [0, 0.1) is 0 Å². The van der Waals surface area contributed by atoms with Gasteiger partial charge in [-0.25, -0.2) is 0 Å². The van der Waals surface area contributed by atoms with Crippen LogP contribution in [-0.4, -0.2) is 36.9 Å². The van der Waals surface area contributed by atoms with E-state index in [4.69, 9.17) is 9.47 Å². The number of carbonyl (C=O) groups is 1. The second kappa shape index (κ2) is 7.14. The first kappa shape index (κ1) is 14.7. The Hall–Kier alpha value is -1.75. The summed E-state index contributed by atoms with van der Waals surface area (Å²) in [4.78, 5) is 12.0. The lowest BCUT2D eigenvalue weighted by atomic mass is 10.1. The lowest BCUT2D eigenvalue weighted by Crippen LogP contribution is -2.27. The third-order valence-corrected chi connectivity index (χ3v) is 3.24. The average molecular weight is 279 g/mol. The summed E-state index contributed by atoms with van der Waals surface area (Å²) in [6, 6.07) is 5.18. The van der Waals surface area contributed by atoms with Crippen molar-refractivity contribution >= 4 is 5.91 Å². The Labute approximate surface area is 118 Å². The number of hydrogen-bond acceptors (Lipinski definition) is 4. The van der Waals surface area contributed by atoms with Crippen molar-refractivity contribution in [2.24, 2.45) is 0 Å². The van der Waals surface area contributed by atoms with Gasteiger partial charge in [0.15, 0.2) is 11.5 Å². The number of amides is 1. The van der Waals surface area contributed by atoms with Crippen LogP contribution < -0.4 is 14.8 Å². The van der Waals surface area contributed by atoms with Crippen LogP contribution in [0.3, 0.4) is 0 Å². The molecule has 0 spiro atoms. The minimum atomic E-state index is -0.362. The molecular weight excluding hydrogens is 258 g/mol. The molecular formula is C15H21NO4. The van der Waals surface area contributed by atoms with E-state index >= 15 is 0 Å². The van der Waals surface area contributed by atoms with Gasteiger partial charge in [0.2, 0.25) is 0 Å². The van der Waals surface area contributed by atoms with E-state index in [2.05, 4.69) is 5.32 Å². The van der Waals surface area contributed by atoms with Gasteiger partial charge in [-0.05, 0) is 31.0 Å². The molecule has 1 aliphatic rings. The van der Waals surface area contributed by atoms with Crippen molar-refractivity contribution in [1.82, 2.24) is 5.32 Å². The number of ether oxygens (including phenoxy) is 2. The van der Waals surface area contributed by atoms with E-state index in [0.717, 1.165) is 6.42 Å². The number of carbonyl (C=O) groups excluding carboxylic acids is 1. The third kappa shape index (κ3) is 3.87. The first-order chi connectivity index (χ1) is 9.70. The summed E-state index contributed by atoms with van der Waals surface area (Å²) < 4.78 is 11.1. The van der Waals surface area contributed by atoms with Gasteiger partial charge in [-0.3, -0.25) is 4.79 Å². The molecule has 20 heavy (non-hydrogen) atoms. The number of fused-ring (bicyclic) bond motifs is 1. The second-order valence-electron chi connectivity index (χ2n) is 4.82. The minimum Gasteiger partial charge on any atom is -0.490 e. The van der Waals surface area contributed by atoms with Gasteiger partial charge < -0.3 is 19.9 Å². The SMILES string of the molecule is CCC(O)CCNC(=O)c1ccc2c(c1)OCCCO2. The van der Waals surface area contributed by atoms with E-state index in [0.29, 0.717) is 49.7 Å². The standard InChI is InChI=1S/C15H21NO4/c1-2-12(17)6-7-16-15(18)11-4-5-13-14(10-11)20-9-3-8-19-13/h4-5,10,12,17H,2-3,6-9H2,1H3,(H,16,18). The van der Waals surface area contributed by atoms with E-state index < -0.39 is 0 Å². The zero-order valence-corrected chi connectivity index (χ0v) is 11.7. The number of rotatable bonds is 5. The highest BCUT2D eigenvalue weighted by Crippen LogP contribution is 2.30. The fraction of sp³-hybridized carbons (Fsp3) is 0.533. The minimum absolute atomic E-state index is 0.163. The predicted octanol–water partition coefficient (Wildman–Crippen LogP) is 1.74. The van der Waals surface area contributed by atoms with Crippen LogP contribution in [0.4, 0.5) is 0 Å². The molecule has 1 heterocycles. The Kier molecular flexibility index (Phi) is 5.24. The highest BCUT2D eigenvalue weighted by atomic mass is 16.5. The summed E-state index contributed by atoms with van der Waals surface area (Å²) >= 11 is 0. The molecule has 0 aromatic heterocycles. The predicted molar refractivity (Wildman–Crippen MR) is 75.3 cm³/mol. The van der Waals surface area contributed by atoms with Gasteiger partial charge >= 0.3 is 0 Å². The third-order valence-electron chi connectivity index (χ3n) is 3.24. The maximum absolute atomic E-state index is 12.0. The largest absolute Gasteiger partial charge is 0.490 e. The van der Waals surface area contributed by atoms with Crippen molar-refractivity contribution in [2.45, 2.75) is 32.3 Å². The first-order valence-corrected chi connectivity index (χ1v) is 7.06. The van der Waals surface area contributed by atoms with Crippen LogP contribution in [0.15, 0.2) is 18.2 Å². The Morgan fingerprint density at radius 3 is 2.85 bits per heavy atom. The quantitative estimate of drug-likeness (QED) is 0.861. The highest BCUT2D eigenvalue weighted by Gasteiger charge is 2.14. The van der Waals surface area contributed by atoms with Crippen molar-refractivity contribution in [2.75, 3.05) is 19.8 Å². The van der Waals surface area contributed by atoms with Crippen molar-refractivity contribution in [3.8, 4) is 11.5 Å². The summed E-state index contributed by atoms with van der Waals surface area (Å²) in [6.45, 7) is 3.60. The topological polar surface area (TPSA) is 67.8 Å². The molecule has 1 aromatic carbocycles. The van der Waals surface area contributed by atoms with Crippen molar-refractivity contribution in [3.05, 3.63) is 23.8 Å². The maximum atomic E-state index is 12.0. The highest BCUT2D eigenvalue weighted by molar-refractivity contribution is 5.94. The number of hydrogen-bond donors (Lipinski definition) is 2. The molecule has 110 valence electrons. The van der Waals surface area contributed by atoms with E-state index in [9.17, 15) is 9.90 Å². The van der Waals surface area contributed by atoms with Gasteiger partial charge in [-0.1, -0.05) is 6.92 Å². The molecule has 1 unspecified atom stereocenters. The van der Waals surface area contributed by atoms with Crippen LogP contribution in [0.1, 0.15) is 36.5 Å². The summed E-state index contributed by atoms with van der Waals surface area (Å²) in [7, 11) is 0. The molecule has 1 aliphatic heterocycles. The zero-order chi connectivity index (χ0) is 14.4. The molecule has 0 radical (unpaired) electrons. The molecule has 1 aromatic rings. The molecule has 0 aliphatic carbocycles. The molecule has 0 bridgehead atoms. The summed E-state index contributed by atoms with van der Waals surface area (Å²) in [5.74, 6) is 1.13. The molecule has 5 nitrogen and oxygen atoms in total. The van der Waals surface area contributed by atoms with E-state index in [1.54, 1.807) is 18.2 Å². The zero-order valence-electron chi connectivity index (χ0n) is 11.7. The number of aliphatic hydroxyl groups is 1. The van der Waals surface area contributed by atoms with Gasteiger partial charge in [0.25, 0.3) is 5.91 Å². The average Bonchev–Trinajstić information content (AvgIpc) is 2.71. The molecule has 0 saturated heterocycles. The van der Waals surface area contributed by atoms with Crippen LogP contribution in [0.25, 0.3) is 0 Å². The van der Waals surface area contributed by atoms with E-state index in [1.807, 2.05) is 6.92 Å². The normalized spacial score (nSPS) is 15.3. The van der Waals surface area contributed by atoms with Gasteiger partial charge in [0.1, 0.15) is 0 Å². The number of benzene rings is 1. The lowest BCUT2D eigenvalue weighted by Gasteiger charge is -2.11. The maximum Gasteiger partial charge on any atom is 0.251 e. The van der Waals surface area contributed by atoms with Crippen molar-refractivity contribution < 1.29 is 19.4 Å². The Bertz CT molecular complexity index is 461. The van der Waals surface area contributed by atoms with Crippen LogP contribution in [0.2, 0.25) is 0 Å². The summed E-state index contributed by atoms with van der Waals surface area (Å²) in [6.07, 6.45) is 1.73. The number of aliphatic hydroxyl groups excluding tert-OH is 1. The number of nitrogens with one attached hydrogen (secondary N) is 1. The van der Waals surface area contributed by atoms with E-state index in [1.165, 1.54) is 0 Å². The molecule has 1 atom stereocenters. The fourth-order valence-corrected chi connectivity index (χ4v) is 1.96. The molecule has 0 fully saturated rings. The van der Waals surface area contributed by atoms with Gasteiger partial charge in [0.05, 0.1) is 19.3 Å². The Morgan fingerprint density at radius 1 is 1.35 bits per heavy atom. The first-order valence-electron chi connectivity index (χ1n) is 7.06. The lowest BCUT2D eigenvalue weighted by molar-refractivity contribution is 0.0941. The molecule has 0 saturated carbocycles. The smallest absolute Gasteiger partial charge is 0.251 e. The van der Waals surface area contributed by atoms with Gasteiger partial charge in [-0.15, -0.1) is 0 Å². The van der Waals surface area contributed by atoms with Gasteiger partial charge in [0, 0.05) is 18.5 Å².